The van der Waals surface area contributed by atoms with Crippen molar-refractivity contribution in [2.75, 3.05) is 5.32 Å². The number of carbonyl (C=O) groups excluding carboxylic acids is 1. The van der Waals surface area contributed by atoms with Crippen molar-refractivity contribution in [1.82, 2.24) is 14.3 Å². The van der Waals surface area contributed by atoms with Crippen molar-refractivity contribution in [3.63, 3.8) is 0 Å². The third kappa shape index (κ3) is 4.13. The van der Waals surface area contributed by atoms with Crippen LogP contribution in [0, 0.1) is 11.8 Å². The van der Waals surface area contributed by atoms with Gasteiger partial charge in [-0.2, -0.15) is 14.3 Å². The molecule has 0 spiro atoms. The van der Waals surface area contributed by atoms with E-state index in [0.29, 0.717) is 30.1 Å². The van der Waals surface area contributed by atoms with E-state index in [1.165, 1.54) is 11.5 Å². The lowest BCUT2D eigenvalue weighted by Gasteiger charge is -2.07. The predicted molar refractivity (Wildman–Crippen MR) is 123 cm³/mol. The molecule has 2 aliphatic rings. The zero-order chi connectivity index (χ0) is 24.0. The van der Waals surface area contributed by atoms with Gasteiger partial charge in [0.15, 0.2) is 5.69 Å². The number of nitrogens with zero attached hydrogens (tertiary/aromatic N) is 3. The van der Waals surface area contributed by atoms with Crippen LogP contribution >= 0.6 is 11.5 Å². The second-order valence-corrected chi connectivity index (χ2v) is 9.32. The van der Waals surface area contributed by atoms with Crippen LogP contribution in [-0.4, -0.2) is 31.5 Å². The van der Waals surface area contributed by atoms with Crippen molar-refractivity contribution in [3.8, 4) is 11.8 Å². The summed E-state index contributed by atoms with van der Waals surface area (Å²) in [7, 11) is 0. The Morgan fingerprint density at radius 1 is 1.17 bits per heavy atom. The van der Waals surface area contributed by atoms with E-state index < -0.39 is 17.5 Å². The summed E-state index contributed by atoms with van der Waals surface area (Å²) in [5.41, 5.74) is 0.895. The van der Waals surface area contributed by atoms with Gasteiger partial charge in [-0.1, -0.05) is 30.3 Å². The second-order valence-electron chi connectivity index (χ2n) is 8.52. The van der Waals surface area contributed by atoms with Crippen LogP contribution in [0.3, 0.4) is 0 Å². The predicted octanol–water partition coefficient (Wildman–Crippen LogP) is 4.41. The fourth-order valence-electron chi connectivity index (χ4n) is 3.65. The Labute approximate surface area is 202 Å². The Hall–Kier alpha value is -4.17. The molecule has 0 unspecified atom stereocenters. The summed E-state index contributed by atoms with van der Waals surface area (Å²) in [5.74, 6) is 5.23. The monoisotopic (exact) mass is 490 g/mol. The number of fused-ring (bicyclic) bond motifs is 1. The molecule has 1 aromatic carbocycles. The number of benzene rings is 1. The number of carboxylic acid groups (broad SMARTS) is 1. The van der Waals surface area contributed by atoms with Gasteiger partial charge >= 0.3 is 17.8 Å². The third-order valence-corrected chi connectivity index (χ3v) is 6.95. The molecule has 176 valence electrons. The van der Waals surface area contributed by atoms with Gasteiger partial charge in [0.05, 0.1) is 10.6 Å². The molecule has 1 amide bonds. The molecule has 6 rings (SSSR count). The molecule has 0 atom stereocenters. The molecule has 3 aromatic heterocycles. The molecule has 3 heterocycles. The number of amides is 1. The van der Waals surface area contributed by atoms with Gasteiger partial charge in [0, 0.05) is 5.92 Å². The molecule has 2 fully saturated rings. The number of oxazole rings is 2. The summed E-state index contributed by atoms with van der Waals surface area (Å²) in [6, 6.07) is 9.41. The van der Waals surface area contributed by atoms with Crippen LogP contribution in [0.1, 0.15) is 59.5 Å². The number of carboxylic acids is 1. The molecule has 0 bridgehead atoms. The van der Waals surface area contributed by atoms with Gasteiger partial charge in [0.25, 0.3) is 5.89 Å². The highest BCUT2D eigenvalue weighted by molar-refractivity contribution is 7.06. The fraction of sp³-hybridized carbons (Fsp3) is 0.292. The van der Waals surface area contributed by atoms with E-state index in [-0.39, 0.29) is 29.8 Å². The van der Waals surface area contributed by atoms with Crippen LogP contribution in [0.5, 0.6) is 0 Å². The molecule has 0 saturated heterocycles. The van der Waals surface area contributed by atoms with Gasteiger partial charge in [-0.15, -0.1) is 0 Å². The van der Waals surface area contributed by atoms with Gasteiger partial charge in [-0.3, -0.25) is 10.1 Å². The lowest BCUT2D eigenvalue weighted by molar-refractivity contribution is -0.140. The third-order valence-electron chi connectivity index (χ3n) is 5.94. The van der Waals surface area contributed by atoms with Crippen LogP contribution in [0.25, 0.3) is 11.4 Å². The molecular weight excluding hydrogens is 472 g/mol. The first-order valence-corrected chi connectivity index (χ1v) is 11.8. The Morgan fingerprint density at radius 3 is 2.66 bits per heavy atom. The largest absolute Gasteiger partial charge is 0.480 e. The highest BCUT2D eigenvalue weighted by atomic mass is 32.1. The maximum Gasteiger partial charge on any atom is 0.412 e. The van der Waals surface area contributed by atoms with E-state index in [0.717, 1.165) is 23.3 Å². The Kier molecular flexibility index (Phi) is 5.04. The van der Waals surface area contributed by atoms with Gasteiger partial charge in [-0.25, -0.2) is 4.79 Å². The second kappa shape index (κ2) is 8.25. The highest BCUT2D eigenvalue weighted by Gasteiger charge is 2.56. The number of rotatable bonds is 6. The maximum atomic E-state index is 12.5. The summed E-state index contributed by atoms with van der Waals surface area (Å²) in [6.45, 7) is 0.150. The van der Waals surface area contributed by atoms with Crippen LogP contribution in [-0.2, 0) is 21.6 Å². The summed E-state index contributed by atoms with van der Waals surface area (Å²) in [6.07, 6.45) is 2.41. The average Bonchev–Trinajstić information content (AvgIpc) is 3.75. The fourth-order valence-corrected chi connectivity index (χ4v) is 4.60. The van der Waals surface area contributed by atoms with E-state index >= 15 is 0 Å². The summed E-state index contributed by atoms with van der Waals surface area (Å²) in [4.78, 5) is 33.2. The minimum absolute atomic E-state index is 0.0246. The SMILES string of the molecule is O=C(Nc1c(C#Cc2nc3nc(C4(C(=O)O)CC4)oc3o2)nsc1C1CC1)OCc1ccccc1. The van der Waals surface area contributed by atoms with Crippen molar-refractivity contribution in [3.05, 3.63) is 58.2 Å². The first-order valence-electron chi connectivity index (χ1n) is 11.0. The number of aliphatic carboxylic acids is 1. The zero-order valence-electron chi connectivity index (χ0n) is 18.2. The number of carbonyl (C=O) groups is 2. The highest BCUT2D eigenvalue weighted by Crippen LogP contribution is 2.49. The van der Waals surface area contributed by atoms with Crippen LogP contribution in [0.15, 0.2) is 39.2 Å². The molecule has 2 N–H and O–H groups in total. The van der Waals surface area contributed by atoms with Crippen molar-refractivity contribution in [2.45, 2.75) is 43.6 Å². The van der Waals surface area contributed by atoms with Crippen molar-refractivity contribution in [2.24, 2.45) is 0 Å². The Bertz CT molecular complexity index is 1470. The average molecular weight is 490 g/mol. The Morgan fingerprint density at radius 2 is 1.97 bits per heavy atom. The molecule has 4 aromatic rings. The van der Waals surface area contributed by atoms with Crippen molar-refractivity contribution < 1.29 is 28.3 Å². The minimum atomic E-state index is -1.08. The van der Waals surface area contributed by atoms with E-state index in [1.54, 1.807) is 0 Å². The molecule has 2 aliphatic carbocycles. The van der Waals surface area contributed by atoms with Gasteiger partial charge in [0.1, 0.15) is 12.0 Å². The first kappa shape index (κ1) is 21.4. The van der Waals surface area contributed by atoms with E-state index in [2.05, 4.69) is 31.5 Å². The molecule has 0 aliphatic heterocycles. The van der Waals surface area contributed by atoms with E-state index in [9.17, 15) is 14.7 Å². The van der Waals surface area contributed by atoms with Gasteiger partial charge in [-0.05, 0) is 54.6 Å². The summed E-state index contributed by atoms with van der Waals surface area (Å²) < 4.78 is 20.8. The number of hydrogen-bond acceptors (Lipinski definition) is 9. The summed E-state index contributed by atoms with van der Waals surface area (Å²) in [5, 5.41) is 12.2. The smallest absolute Gasteiger partial charge is 0.412 e. The lowest BCUT2D eigenvalue weighted by Crippen LogP contribution is -2.19. The first-order chi connectivity index (χ1) is 17.0. The van der Waals surface area contributed by atoms with Crippen molar-refractivity contribution >= 4 is 40.7 Å². The minimum Gasteiger partial charge on any atom is -0.480 e. The summed E-state index contributed by atoms with van der Waals surface area (Å²) >= 11 is 1.30. The van der Waals surface area contributed by atoms with Crippen LogP contribution in [0.4, 0.5) is 10.5 Å². The van der Waals surface area contributed by atoms with E-state index in [1.807, 2.05) is 30.3 Å². The number of nitrogens with one attached hydrogen (secondary N) is 1. The molecule has 0 radical (unpaired) electrons. The van der Waals surface area contributed by atoms with Crippen molar-refractivity contribution in [1.29, 1.82) is 0 Å². The van der Waals surface area contributed by atoms with E-state index in [4.69, 9.17) is 13.6 Å². The number of ether oxygens (including phenoxy) is 1. The quantitative estimate of drug-likeness (QED) is 0.376. The van der Waals surface area contributed by atoms with Crippen LogP contribution in [0.2, 0.25) is 0 Å². The normalized spacial score (nSPS) is 15.9. The number of aromatic nitrogens is 3. The zero-order valence-corrected chi connectivity index (χ0v) is 19.1. The Balaban J connectivity index is 1.20. The molecule has 2 saturated carbocycles. The lowest BCUT2D eigenvalue weighted by atomic mass is 10.1. The molecule has 35 heavy (non-hydrogen) atoms. The molecular formula is C24H18N4O6S. The standard InChI is InChI=1S/C24H18N4O6S/c29-22(30)24(10-11-24)21-27-19-20(34-21)33-16(25-19)9-8-15-17(18(35-28-15)14-6-7-14)26-23(31)32-12-13-4-2-1-3-5-13/h1-5,14H,6-7,10-12H2,(H,26,31)(H,29,30). The van der Waals surface area contributed by atoms with Gasteiger partial charge < -0.3 is 18.7 Å². The molecule has 11 heteroatoms. The topological polar surface area (TPSA) is 141 Å². The van der Waals surface area contributed by atoms with Gasteiger partial charge in [0.2, 0.25) is 11.5 Å². The number of hydrogen-bond donors (Lipinski definition) is 2. The number of anilines is 1. The maximum absolute atomic E-state index is 12.5. The van der Waals surface area contributed by atoms with Crippen LogP contribution < -0.4 is 5.32 Å². The molecule has 10 nitrogen and oxygen atoms in total.